The van der Waals surface area contributed by atoms with Gasteiger partial charge >= 0.3 is 0 Å². The molecule has 3 rings (SSSR count). The summed E-state index contributed by atoms with van der Waals surface area (Å²) in [6.07, 6.45) is 1.82. The van der Waals surface area contributed by atoms with Gasteiger partial charge in [0.15, 0.2) is 0 Å². The highest BCUT2D eigenvalue weighted by Crippen LogP contribution is 2.31. The molecule has 0 bridgehead atoms. The molecule has 1 atom stereocenters. The largest absolute Gasteiger partial charge is 0.392 e. The summed E-state index contributed by atoms with van der Waals surface area (Å²) >= 11 is 0. The van der Waals surface area contributed by atoms with Crippen molar-refractivity contribution in [1.29, 1.82) is 0 Å². The van der Waals surface area contributed by atoms with E-state index in [1.807, 2.05) is 11.7 Å². The first-order valence-corrected chi connectivity index (χ1v) is 8.85. The van der Waals surface area contributed by atoms with Crippen LogP contribution in [-0.4, -0.2) is 65.3 Å². The average molecular weight is 322 g/mol. The fraction of sp³-hybridized carbons (Fsp3) is 0.824. The molecule has 130 valence electrons. The Bertz CT molecular complexity index is 523. The van der Waals surface area contributed by atoms with E-state index >= 15 is 0 Å². The van der Waals surface area contributed by atoms with E-state index in [1.54, 1.807) is 0 Å². The fourth-order valence-electron chi connectivity index (χ4n) is 3.76. The SMILES string of the molecule is CC(C)c1nn(C)c(N2CCOCC2)c1CN1CCCC(O)C1. The molecule has 2 aliphatic rings. The predicted molar refractivity (Wildman–Crippen MR) is 90.8 cm³/mol. The van der Waals surface area contributed by atoms with Crippen molar-refractivity contribution in [3.05, 3.63) is 11.3 Å². The van der Waals surface area contributed by atoms with E-state index < -0.39 is 0 Å². The highest BCUT2D eigenvalue weighted by atomic mass is 16.5. The number of nitrogens with zero attached hydrogens (tertiary/aromatic N) is 4. The minimum Gasteiger partial charge on any atom is -0.392 e. The summed E-state index contributed by atoms with van der Waals surface area (Å²) in [6.45, 7) is 10.5. The molecular formula is C17H30N4O2. The Kier molecular flexibility index (Phi) is 5.24. The zero-order chi connectivity index (χ0) is 16.4. The van der Waals surface area contributed by atoms with Crippen molar-refractivity contribution < 1.29 is 9.84 Å². The number of hydrogen-bond donors (Lipinski definition) is 1. The highest BCUT2D eigenvalue weighted by Gasteiger charge is 2.27. The van der Waals surface area contributed by atoms with Crippen molar-refractivity contribution in [2.45, 2.75) is 45.3 Å². The van der Waals surface area contributed by atoms with Gasteiger partial charge in [-0.15, -0.1) is 0 Å². The monoisotopic (exact) mass is 322 g/mol. The highest BCUT2D eigenvalue weighted by molar-refractivity contribution is 5.51. The van der Waals surface area contributed by atoms with Crippen LogP contribution in [0.3, 0.4) is 0 Å². The number of hydrogen-bond acceptors (Lipinski definition) is 5. The maximum atomic E-state index is 9.97. The minimum absolute atomic E-state index is 0.185. The van der Waals surface area contributed by atoms with Gasteiger partial charge in [0.25, 0.3) is 0 Å². The third kappa shape index (κ3) is 3.70. The zero-order valence-corrected chi connectivity index (χ0v) is 14.7. The Balaban J connectivity index is 1.88. The first-order chi connectivity index (χ1) is 11.1. The first kappa shape index (κ1) is 16.7. The second-order valence-electron chi connectivity index (χ2n) is 7.10. The Morgan fingerprint density at radius 3 is 2.65 bits per heavy atom. The van der Waals surface area contributed by atoms with Crippen molar-refractivity contribution in [1.82, 2.24) is 14.7 Å². The standard InChI is InChI=1S/C17H30N4O2/c1-13(2)16-15(12-20-6-4-5-14(22)11-20)17(19(3)18-16)21-7-9-23-10-8-21/h13-14,22H,4-12H2,1-3H3. The van der Waals surface area contributed by atoms with Crippen LogP contribution in [0.5, 0.6) is 0 Å². The molecule has 0 aromatic carbocycles. The number of β-amino-alcohol motifs (C(OH)–C–C–N with tert-alkyl or cyclic N) is 1. The maximum absolute atomic E-state index is 9.97. The molecule has 0 amide bonds. The van der Waals surface area contributed by atoms with Crippen molar-refractivity contribution in [3.8, 4) is 0 Å². The van der Waals surface area contributed by atoms with E-state index in [4.69, 9.17) is 9.84 Å². The van der Waals surface area contributed by atoms with Gasteiger partial charge in [-0.3, -0.25) is 9.58 Å². The second kappa shape index (κ2) is 7.20. The third-order valence-electron chi connectivity index (χ3n) is 4.86. The van der Waals surface area contributed by atoms with Gasteiger partial charge in [0, 0.05) is 38.8 Å². The van der Waals surface area contributed by atoms with Crippen LogP contribution in [0, 0.1) is 0 Å². The van der Waals surface area contributed by atoms with E-state index in [-0.39, 0.29) is 6.10 Å². The van der Waals surface area contributed by atoms with Crippen LogP contribution < -0.4 is 4.90 Å². The number of aryl methyl sites for hydroxylation is 1. The summed E-state index contributed by atoms with van der Waals surface area (Å²) in [4.78, 5) is 4.78. The summed E-state index contributed by atoms with van der Waals surface area (Å²) in [5, 5.41) is 14.8. The number of likely N-dealkylation sites (tertiary alicyclic amines) is 1. The van der Waals surface area contributed by atoms with Gasteiger partial charge in [-0.1, -0.05) is 13.8 Å². The molecule has 3 heterocycles. The van der Waals surface area contributed by atoms with Crippen LogP contribution in [-0.2, 0) is 18.3 Å². The Hall–Kier alpha value is -1.11. The molecule has 0 saturated carbocycles. The van der Waals surface area contributed by atoms with Gasteiger partial charge in [-0.2, -0.15) is 5.10 Å². The lowest BCUT2D eigenvalue weighted by molar-refractivity contribution is 0.0666. The summed E-state index contributed by atoms with van der Waals surface area (Å²) in [7, 11) is 2.05. The molecule has 2 aliphatic heterocycles. The number of rotatable bonds is 4. The molecule has 0 aliphatic carbocycles. The third-order valence-corrected chi connectivity index (χ3v) is 4.86. The van der Waals surface area contributed by atoms with Crippen LogP contribution in [0.1, 0.15) is 43.9 Å². The lowest BCUT2D eigenvalue weighted by atomic mass is 10.0. The normalized spacial score (nSPS) is 23.7. The molecule has 1 N–H and O–H groups in total. The topological polar surface area (TPSA) is 53.8 Å². The van der Waals surface area contributed by atoms with Crippen LogP contribution in [0.25, 0.3) is 0 Å². The molecule has 23 heavy (non-hydrogen) atoms. The summed E-state index contributed by atoms with van der Waals surface area (Å²) in [6, 6.07) is 0. The summed E-state index contributed by atoms with van der Waals surface area (Å²) in [5.41, 5.74) is 2.52. The van der Waals surface area contributed by atoms with Gasteiger partial charge in [-0.05, 0) is 25.3 Å². The average Bonchev–Trinajstić information content (AvgIpc) is 2.85. The maximum Gasteiger partial charge on any atom is 0.131 e. The van der Waals surface area contributed by atoms with E-state index in [9.17, 15) is 5.11 Å². The zero-order valence-electron chi connectivity index (χ0n) is 14.7. The van der Waals surface area contributed by atoms with E-state index in [0.717, 1.165) is 58.8 Å². The molecule has 1 aromatic rings. The molecule has 6 nitrogen and oxygen atoms in total. The van der Waals surface area contributed by atoms with Crippen molar-refractivity contribution in [2.75, 3.05) is 44.3 Å². The summed E-state index contributed by atoms with van der Waals surface area (Å²) in [5.74, 6) is 1.64. The van der Waals surface area contributed by atoms with Gasteiger partial charge in [0.2, 0.25) is 0 Å². The van der Waals surface area contributed by atoms with Gasteiger partial charge in [-0.25, -0.2) is 0 Å². The number of anilines is 1. The van der Waals surface area contributed by atoms with E-state index in [0.29, 0.717) is 5.92 Å². The molecule has 2 fully saturated rings. The van der Waals surface area contributed by atoms with E-state index in [1.165, 1.54) is 17.1 Å². The Labute approximate surface area is 139 Å². The lowest BCUT2D eigenvalue weighted by Crippen LogP contribution is -2.40. The number of aliphatic hydroxyl groups excluding tert-OH is 1. The Morgan fingerprint density at radius 1 is 1.26 bits per heavy atom. The second-order valence-corrected chi connectivity index (χ2v) is 7.10. The number of piperidine rings is 1. The number of aromatic nitrogens is 2. The van der Waals surface area contributed by atoms with Crippen molar-refractivity contribution in [2.24, 2.45) is 7.05 Å². The number of morpholine rings is 1. The van der Waals surface area contributed by atoms with Crippen LogP contribution >= 0.6 is 0 Å². The summed E-state index contributed by atoms with van der Waals surface area (Å²) < 4.78 is 7.54. The number of ether oxygens (including phenoxy) is 1. The molecule has 0 radical (unpaired) electrons. The smallest absolute Gasteiger partial charge is 0.131 e. The molecule has 1 aromatic heterocycles. The molecular weight excluding hydrogens is 292 g/mol. The first-order valence-electron chi connectivity index (χ1n) is 8.85. The molecule has 2 saturated heterocycles. The Morgan fingerprint density at radius 2 is 2.00 bits per heavy atom. The van der Waals surface area contributed by atoms with Gasteiger partial charge < -0.3 is 14.7 Å². The molecule has 6 heteroatoms. The quantitative estimate of drug-likeness (QED) is 0.906. The van der Waals surface area contributed by atoms with Gasteiger partial charge in [0.05, 0.1) is 25.0 Å². The van der Waals surface area contributed by atoms with Crippen LogP contribution in [0.4, 0.5) is 5.82 Å². The van der Waals surface area contributed by atoms with E-state index in [2.05, 4.69) is 23.6 Å². The van der Waals surface area contributed by atoms with Crippen LogP contribution in [0.15, 0.2) is 0 Å². The number of aliphatic hydroxyl groups is 1. The van der Waals surface area contributed by atoms with Crippen molar-refractivity contribution >= 4 is 5.82 Å². The van der Waals surface area contributed by atoms with Crippen molar-refractivity contribution in [3.63, 3.8) is 0 Å². The fourth-order valence-corrected chi connectivity index (χ4v) is 3.76. The molecule has 0 spiro atoms. The predicted octanol–water partition coefficient (Wildman–Crippen LogP) is 1.34. The van der Waals surface area contributed by atoms with Crippen LogP contribution in [0.2, 0.25) is 0 Å². The molecule has 1 unspecified atom stereocenters. The van der Waals surface area contributed by atoms with Gasteiger partial charge in [0.1, 0.15) is 5.82 Å². The lowest BCUT2D eigenvalue weighted by Gasteiger charge is -2.33. The minimum atomic E-state index is -0.185.